The molecule has 1 heterocycles. The summed E-state index contributed by atoms with van der Waals surface area (Å²) < 4.78 is 31.8. The third-order valence-electron chi connectivity index (χ3n) is 3.11. The van der Waals surface area contributed by atoms with Crippen molar-refractivity contribution in [2.45, 2.75) is 25.3 Å². The van der Waals surface area contributed by atoms with Gasteiger partial charge in [0, 0.05) is 25.4 Å². The maximum atomic E-state index is 12.5. The number of benzene rings is 1. The number of hydrogen-bond acceptors (Lipinski definition) is 4. The van der Waals surface area contributed by atoms with Gasteiger partial charge >= 0.3 is 0 Å². The van der Waals surface area contributed by atoms with Crippen molar-refractivity contribution in [1.29, 1.82) is 0 Å². The van der Waals surface area contributed by atoms with Crippen LogP contribution in [-0.2, 0) is 16.6 Å². The van der Waals surface area contributed by atoms with E-state index < -0.39 is 10.0 Å². The number of nitrogens with one attached hydrogen (secondary N) is 1. The first-order valence-electron chi connectivity index (χ1n) is 6.62. The Labute approximate surface area is 124 Å². The van der Waals surface area contributed by atoms with Crippen LogP contribution in [0.15, 0.2) is 35.5 Å². The van der Waals surface area contributed by atoms with Crippen LogP contribution in [0.1, 0.15) is 18.1 Å². The van der Waals surface area contributed by atoms with Gasteiger partial charge in [0.2, 0.25) is 10.0 Å². The van der Waals surface area contributed by atoms with E-state index in [0.717, 1.165) is 11.1 Å². The van der Waals surface area contributed by atoms with Crippen LogP contribution < -0.4 is 4.74 Å². The quantitative estimate of drug-likeness (QED) is 0.885. The van der Waals surface area contributed by atoms with Gasteiger partial charge in [-0.25, -0.2) is 8.42 Å². The number of rotatable bonds is 6. The average Bonchev–Trinajstić information content (AvgIpc) is 2.94. The normalized spacial score (nSPS) is 11.8. The first-order valence-corrected chi connectivity index (χ1v) is 8.06. The van der Waals surface area contributed by atoms with Crippen molar-refractivity contribution >= 4 is 10.0 Å². The molecule has 1 aromatic carbocycles. The van der Waals surface area contributed by atoms with Gasteiger partial charge in [0.05, 0.1) is 17.7 Å². The number of aromatic nitrogens is 2. The summed E-state index contributed by atoms with van der Waals surface area (Å²) in [6.45, 7) is 4.54. The molecule has 21 heavy (non-hydrogen) atoms. The maximum absolute atomic E-state index is 12.5. The standard InChI is InChI=1S/C14H19N3O3S/c1-4-20-14-6-5-13(7-11(14)2)21(18,19)17(3)10-12-8-15-16-9-12/h5-9H,4,10H2,1-3H3,(H,15,16). The zero-order valence-electron chi connectivity index (χ0n) is 12.3. The van der Waals surface area contributed by atoms with E-state index in [0.29, 0.717) is 12.4 Å². The predicted molar refractivity (Wildman–Crippen MR) is 79.6 cm³/mol. The molecule has 114 valence electrons. The van der Waals surface area contributed by atoms with E-state index in [-0.39, 0.29) is 11.4 Å². The van der Waals surface area contributed by atoms with Crippen LogP contribution in [0.5, 0.6) is 5.75 Å². The molecule has 0 fully saturated rings. The summed E-state index contributed by atoms with van der Waals surface area (Å²) in [6, 6.07) is 4.89. The number of ether oxygens (including phenoxy) is 1. The van der Waals surface area contributed by atoms with Gasteiger partial charge in [-0.3, -0.25) is 5.10 Å². The Hall–Kier alpha value is -1.86. The molecule has 0 bridgehead atoms. The van der Waals surface area contributed by atoms with Gasteiger partial charge in [-0.15, -0.1) is 0 Å². The molecule has 0 radical (unpaired) electrons. The summed E-state index contributed by atoms with van der Waals surface area (Å²) in [4.78, 5) is 0.259. The van der Waals surface area contributed by atoms with Crippen molar-refractivity contribution in [3.05, 3.63) is 41.7 Å². The van der Waals surface area contributed by atoms with Crippen molar-refractivity contribution < 1.29 is 13.2 Å². The second-order valence-electron chi connectivity index (χ2n) is 4.73. The summed E-state index contributed by atoms with van der Waals surface area (Å²) in [5.74, 6) is 0.703. The number of hydrogen-bond donors (Lipinski definition) is 1. The van der Waals surface area contributed by atoms with Crippen molar-refractivity contribution in [2.75, 3.05) is 13.7 Å². The molecule has 7 heteroatoms. The van der Waals surface area contributed by atoms with Gasteiger partial charge in [-0.1, -0.05) is 0 Å². The second-order valence-corrected chi connectivity index (χ2v) is 6.77. The minimum Gasteiger partial charge on any atom is -0.494 e. The lowest BCUT2D eigenvalue weighted by molar-refractivity contribution is 0.337. The van der Waals surface area contributed by atoms with Crippen molar-refractivity contribution in [3.8, 4) is 5.75 Å². The Bertz CT molecular complexity index is 696. The molecule has 1 aromatic heterocycles. The van der Waals surface area contributed by atoms with Gasteiger partial charge in [0.1, 0.15) is 5.75 Å². The lowest BCUT2D eigenvalue weighted by Crippen LogP contribution is -2.26. The topological polar surface area (TPSA) is 75.3 Å². The molecule has 2 rings (SSSR count). The van der Waals surface area contributed by atoms with Crippen LogP contribution in [0, 0.1) is 6.92 Å². The van der Waals surface area contributed by atoms with Gasteiger partial charge in [0.25, 0.3) is 0 Å². The zero-order chi connectivity index (χ0) is 15.5. The van der Waals surface area contributed by atoms with E-state index in [1.54, 1.807) is 37.6 Å². The van der Waals surface area contributed by atoms with Crippen LogP contribution in [0.2, 0.25) is 0 Å². The largest absolute Gasteiger partial charge is 0.494 e. The molecule has 0 aliphatic heterocycles. The van der Waals surface area contributed by atoms with Crippen molar-refractivity contribution in [2.24, 2.45) is 0 Å². The van der Waals surface area contributed by atoms with E-state index in [1.165, 1.54) is 4.31 Å². The van der Waals surface area contributed by atoms with Gasteiger partial charge in [-0.05, 0) is 37.6 Å². The lowest BCUT2D eigenvalue weighted by Gasteiger charge is -2.17. The number of sulfonamides is 1. The number of aromatic amines is 1. The molecule has 0 amide bonds. The molecule has 0 aliphatic rings. The summed E-state index contributed by atoms with van der Waals surface area (Å²) >= 11 is 0. The second kappa shape index (κ2) is 6.28. The average molecular weight is 309 g/mol. The third-order valence-corrected chi connectivity index (χ3v) is 4.91. The van der Waals surface area contributed by atoms with Crippen LogP contribution in [0.3, 0.4) is 0 Å². The van der Waals surface area contributed by atoms with Gasteiger partial charge < -0.3 is 4.74 Å². The van der Waals surface area contributed by atoms with Gasteiger partial charge in [0.15, 0.2) is 0 Å². The smallest absolute Gasteiger partial charge is 0.243 e. The van der Waals surface area contributed by atoms with E-state index in [9.17, 15) is 8.42 Å². The minimum absolute atomic E-state index is 0.259. The zero-order valence-corrected chi connectivity index (χ0v) is 13.1. The summed E-state index contributed by atoms with van der Waals surface area (Å²) in [6.07, 6.45) is 3.28. The molecule has 0 aliphatic carbocycles. The summed E-state index contributed by atoms with van der Waals surface area (Å²) in [5, 5.41) is 6.48. The molecule has 1 N–H and O–H groups in total. The molecular formula is C14H19N3O3S. The van der Waals surface area contributed by atoms with Crippen LogP contribution in [-0.4, -0.2) is 36.6 Å². The molecule has 0 spiro atoms. The fraction of sp³-hybridized carbons (Fsp3) is 0.357. The fourth-order valence-electron chi connectivity index (χ4n) is 1.99. The highest BCUT2D eigenvalue weighted by molar-refractivity contribution is 7.89. The van der Waals surface area contributed by atoms with Crippen molar-refractivity contribution in [3.63, 3.8) is 0 Å². The molecule has 0 saturated carbocycles. The van der Waals surface area contributed by atoms with E-state index in [4.69, 9.17) is 4.74 Å². The highest BCUT2D eigenvalue weighted by atomic mass is 32.2. The van der Waals surface area contributed by atoms with E-state index >= 15 is 0 Å². The maximum Gasteiger partial charge on any atom is 0.243 e. The molecular weight excluding hydrogens is 290 g/mol. The molecule has 0 unspecified atom stereocenters. The molecule has 6 nitrogen and oxygen atoms in total. The molecule has 0 atom stereocenters. The Morgan fingerprint density at radius 3 is 2.71 bits per heavy atom. The number of aryl methyl sites for hydroxylation is 1. The SMILES string of the molecule is CCOc1ccc(S(=O)(=O)N(C)Cc2cn[nH]c2)cc1C. The number of nitrogens with zero attached hydrogens (tertiary/aromatic N) is 2. The number of H-pyrrole nitrogens is 1. The minimum atomic E-state index is -3.53. The third kappa shape index (κ3) is 3.43. The van der Waals surface area contributed by atoms with Crippen LogP contribution in [0.4, 0.5) is 0 Å². The highest BCUT2D eigenvalue weighted by Crippen LogP contribution is 2.24. The Morgan fingerprint density at radius 2 is 2.14 bits per heavy atom. The fourth-order valence-corrected chi connectivity index (χ4v) is 3.23. The predicted octanol–water partition coefficient (Wildman–Crippen LogP) is 1.94. The monoisotopic (exact) mass is 309 g/mol. The lowest BCUT2D eigenvalue weighted by atomic mass is 10.2. The molecule has 2 aromatic rings. The summed E-state index contributed by atoms with van der Waals surface area (Å²) in [7, 11) is -1.98. The highest BCUT2D eigenvalue weighted by Gasteiger charge is 2.22. The Balaban J connectivity index is 2.24. The van der Waals surface area contributed by atoms with E-state index in [1.807, 2.05) is 13.8 Å². The summed E-state index contributed by atoms with van der Waals surface area (Å²) in [5.41, 5.74) is 1.61. The molecule has 0 saturated heterocycles. The Morgan fingerprint density at radius 1 is 1.38 bits per heavy atom. The van der Waals surface area contributed by atoms with Crippen molar-refractivity contribution in [1.82, 2.24) is 14.5 Å². The van der Waals surface area contributed by atoms with Crippen LogP contribution in [0.25, 0.3) is 0 Å². The van der Waals surface area contributed by atoms with Gasteiger partial charge in [-0.2, -0.15) is 9.40 Å². The van der Waals surface area contributed by atoms with E-state index in [2.05, 4.69) is 10.2 Å². The Kier molecular flexibility index (Phi) is 4.64. The van der Waals surface area contributed by atoms with Crippen LogP contribution >= 0.6 is 0 Å². The first-order chi connectivity index (χ1) is 9.95. The first kappa shape index (κ1) is 15.5.